The van der Waals surface area contributed by atoms with Crippen LogP contribution in [0.15, 0.2) is 36.4 Å². The predicted octanol–water partition coefficient (Wildman–Crippen LogP) is 3.13. The fourth-order valence-corrected chi connectivity index (χ4v) is 7.25. The second kappa shape index (κ2) is 10.7. The zero-order chi connectivity index (χ0) is 28.1. The van der Waals surface area contributed by atoms with Crippen LogP contribution >= 0.6 is 0 Å². The van der Waals surface area contributed by atoms with Crippen LogP contribution < -0.4 is 9.62 Å². The molecule has 218 valence electrons. The van der Waals surface area contributed by atoms with Gasteiger partial charge in [-0.3, -0.25) is 14.6 Å². The SMILES string of the molecule is CS(=O)(=O)NC(=O)c1cc(N2CCC(N3CCN(C4CC4)CC3)CC2)c2c(C3CCC3)nn(-c3ccccc3)c2n1. The van der Waals surface area contributed by atoms with E-state index in [0.29, 0.717) is 17.6 Å². The van der Waals surface area contributed by atoms with Gasteiger partial charge >= 0.3 is 0 Å². The largest absolute Gasteiger partial charge is 0.371 e. The minimum Gasteiger partial charge on any atom is -0.371 e. The third kappa shape index (κ3) is 5.47. The highest BCUT2D eigenvalue weighted by Crippen LogP contribution is 2.43. The van der Waals surface area contributed by atoms with Gasteiger partial charge in [0.1, 0.15) is 5.69 Å². The Morgan fingerprint density at radius 1 is 0.878 bits per heavy atom. The number of piperidine rings is 1. The van der Waals surface area contributed by atoms with Gasteiger partial charge in [0.25, 0.3) is 5.91 Å². The summed E-state index contributed by atoms with van der Waals surface area (Å²) >= 11 is 0. The van der Waals surface area contributed by atoms with Crippen LogP contribution in [0.5, 0.6) is 0 Å². The summed E-state index contributed by atoms with van der Waals surface area (Å²) in [6.45, 7) is 6.40. The van der Waals surface area contributed by atoms with Crippen LogP contribution in [-0.4, -0.2) is 96.5 Å². The number of para-hydroxylation sites is 1. The number of aromatic nitrogens is 3. The molecule has 0 radical (unpaired) electrons. The zero-order valence-corrected chi connectivity index (χ0v) is 24.5. The number of amides is 1. The van der Waals surface area contributed by atoms with E-state index in [2.05, 4.69) is 19.4 Å². The van der Waals surface area contributed by atoms with Gasteiger partial charge < -0.3 is 4.90 Å². The Hall–Kier alpha value is -3.02. The molecule has 1 amide bonds. The Bertz CT molecular complexity index is 1530. The molecule has 2 saturated heterocycles. The molecule has 4 aliphatic rings. The minimum absolute atomic E-state index is 0.0912. The molecular formula is C30H39N7O3S. The number of fused-ring (bicyclic) bond motifs is 1. The molecule has 10 nitrogen and oxygen atoms in total. The minimum atomic E-state index is -3.74. The molecule has 2 aliphatic carbocycles. The van der Waals surface area contributed by atoms with Gasteiger partial charge in [0.05, 0.1) is 28.7 Å². The van der Waals surface area contributed by atoms with Crippen LogP contribution in [0.25, 0.3) is 16.7 Å². The van der Waals surface area contributed by atoms with Crippen molar-refractivity contribution < 1.29 is 13.2 Å². The molecule has 0 unspecified atom stereocenters. The van der Waals surface area contributed by atoms with Crippen LogP contribution in [0.4, 0.5) is 5.69 Å². The summed E-state index contributed by atoms with van der Waals surface area (Å²) in [6.07, 6.45) is 9.20. The van der Waals surface area contributed by atoms with Crippen molar-refractivity contribution >= 4 is 32.7 Å². The lowest BCUT2D eigenvalue weighted by molar-refractivity contribution is 0.0809. The first-order chi connectivity index (χ1) is 19.8. The summed E-state index contributed by atoms with van der Waals surface area (Å²) in [7, 11) is -3.74. The average molecular weight is 578 g/mol. The van der Waals surface area contributed by atoms with Crippen LogP contribution in [0, 0.1) is 0 Å². The quantitative estimate of drug-likeness (QED) is 0.457. The number of nitrogens with zero attached hydrogens (tertiary/aromatic N) is 6. The van der Waals surface area contributed by atoms with Crippen LogP contribution in [0.3, 0.4) is 0 Å². The van der Waals surface area contributed by atoms with E-state index in [-0.39, 0.29) is 5.69 Å². The molecule has 0 bridgehead atoms. The fraction of sp³-hybridized carbons (Fsp3) is 0.567. The number of sulfonamides is 1. The number of carbonyl (C=O) groups excluding carboxylic acids is 1. The molecule has 3 aromatic rings. The number of benzene rings is 1. The van der Waals surface area contributed by atoms with Crippen LogP contribution in [-0.2, 0) is 10.0 Å². The van der Waals surface area contributed by atoms with Gasteiger partial charge in [0.2, 0.25) is 10.0 Å². The number of hydrogen-bond donors (Lipinski definition) is 1. The molecule has 4 heterocycles. The van der Waals surface area contributed by atoms with E-state index in [4.69, 9.17) is 10.1 Å². The highest BCUT2D eigenvalue weighted by atomic mass is 32.2. The Kier molecular flexibility index (Phi) is 6.99. The summed E-state index contributed by atoms with van der Waals surface area (Å²) in [5.74, 6) is -0.357. The number of piperazine rings is 1. The van der Waals surface area contributed by atoms with E-state index in [1.807, 2.05) is 35.0 Å². The van der Waals surface area contributed by atoms with Crippen molar-refractivity contribution in [3.63, 3.8) is 0 Å². The molecule has 2 aliphatic heterocycles. The summed E-state index contributed by atoms with van der Waals surface area (Å²) in [5, 5.41) is 6.08. The third-order valence-electron chi connectivity index (χ3n) is 9.38. The third-order valence-corrected chi connectivity index (χ3v) is 9.94. The predicted molar refractivity (Wildman–Crippen MR) is 159 cm³/mol. The van der Waals surface area contributed by atoms with E-state index >= 15 is 0 Å². The topological polar surface area (TPSA) is 104 Å². The smallest absolute Gasteiger partial charge is 0.283 e. The lowest BCUT2D eigenvalue weighted by Crippen LogP contribution is -2.53. The molecule has 11 heteroatoms. The van der Waals surface area contributed by atoms with Crippen molar-refractivity contribution in [3.8, 4) is 5.69 Å². The van der Waals surface area contributed by atoms with Crippen molar-refractivity contribution in [2.45, 2.75) is 62.9 Å². The van der Waals surface area contributed by atoms with Crippen molar-refractivity contribution in [2.24, 2.45) is 0 Å². The molecule has 4 fully saturated rings. The maximum absolute atomic E-state index is 13.1. The molecule has 1 aromatic carbocycles. The summed E-state index contributed by atoms with van der Waals surface area (Å²) in [4.78, 5) is 25.6. The van der Waals surface area contributed by atoms with Gasteiger partial charge in [-0.2, -0.15) is 5.10 Å². The number of carbonyl (C=O) groups is 1. The van der Waals surface area contributed by atoms with Crippen molar-refractivity contribution in [2.75, 3.05) is 50.4 Å². The normalized spacial score (nSPS) is 21.7. The molecule has 7 rings (SSSR count). The number of pyridine rings is 1. The first kappa shape index (κ1) is 26.9. The maximum atomic E-state index is 13.1. The molecule has 2 aromatic heterocycles. The van der Waals surface area contributed by atoms with E-state index in [9.17, 15) is 13.2 Å². The van der Waals surface area contributed by atoms with Crippen molar-refractivity contribution in [1.82, 2.24) is 29.3 Å². The van der Waals surface area contributed by atoms with Crippen LogP contribution in [0.1, 0.15) is 67.0 Å². The molecule has 0 spiro atoms. The monoisotopic (exact) mass is 577 g/mol. The van der Waals surface area contributed by atoms with Gasteiger partial charge in [0, 0.05) is 57.3 Å². The Balaban J connectivity index is 1.23. The van der Waals surface area contributed by atoms with Crippen LogP contribution in [0.2, 0.25) is 0 Å². The van der Waals surface area contributed by atoms with Gasteiger partial charge in [-0.15, -0.1) is 0 Å². The maximum Gasteiger partial charge on any atom is 0.283 e. The Morgan fingerprint density at radius 2 is 1.51 bits per heavy atom. The summed E-state index contributed by atoms with van der Waals surface area (Å²) in [6, 6.07) is 13.0. The molecule has 1 N–H and O–H groups in total. The van der Waals surface area contributed by atoms with E-state index in [1.54, 1.807) is 6.07 Å². The van der Waals surface area contributed by atoms with Gasteiger partial charge in [-0.25, -0.2) is 22.8 Å². The van der Waals surface area contributed by atoms with Gasteiger partial charge in [-0.1, -0.05) is 24.6 Å². The molecule has 2 saturated carbocycles. The summed E-state index contributed by atoms with van der Waals surface area (Å²) in [5.41, 5.74) is 3.54. The Morgan fingerprint density at radius 3 is 2.07 bits per heavy atom. The number of rotatable bonds is 7. The van der Waals surface area contributed by atoms with E-state index in [1.165, 1.54) is 32.4 Å². The fourth-order valence-electron chi connectivity index (χ4n) is 6.80. The first-order valence-electron chi connectivity index (χ1n) is 15.1. The highest BCUT2D eigenvalue weighted by molar-refractivity contribution is 7.89. The van der Waals surface area contributed by atoms with E-state index < -0.39 is 15.9 Å². The average Bonchev–Trinajstić information content (AvgIpc) is 3.73. The molecular weight excluding hydrogens is 538 g/mol. The number of anilines is 1. The second-order valence-corrected chi connectivity index (χ2v) is 14.0. The highest BCUT2D eigenvalue weighted by Gasteiger charge is 2.35. The second-order valence-electron chi connectivity index (χ2n) is 12.2. The zero-order valence-electron chi connectivity index (χ0n) is 23.7. The summed E-state index contributed by atoms with van der Waals surface area (Å²) < 4.78 is 27.8. The lowest BCUT2D eigenvalue weighted by Gasteiger charge is -2.43. The van der Waals surface area contributed by atoms with Crippen molar-refractivity contribution in [1.29, 1.82) is 0 Å². The van der Waals surface area contributed by atoms with Gasteiger partial charge in [0.15, 0.2) is 5.65 Å². The molecule has 0 atom stereocenters. The first-order valence-corrected chi connectivity index (χ1v) is 17.0. The van der Waals surface area contributed by atoms with Gasteiger partial charge in [-0.05, 0) is 56.7 Å². The molecule has 41 heavy (non-hydrogen) atoms. The standard InChI is InChI=1S/C30H39N7O3S/c1-41(39,40)33-30(38)25-20-26(36-14-12-23(13-15-36)35-18-16-34(17-19-35)22-10-11-22)27-28(21-6-5-7-21)32-37(29(27)31-25)24-8-3-2-4-9-24/h2-4,8-9,20-23H,5-7,10-19H2,1H3,(H,33,38). The van der Waals surface area contributed by atoms with Crippen molar-refractivity contribution in [3.05, 3.63) is 47.8 Å². The number of hydrogen-bond acceptors (Lipinski definition) is 8. The number of nitrogens with one attached hydrogen (secondary N) is 1. The Labute approximate surface area is 241 Å². The van der Waals surface area contributed by atoms with E-state index in [0.717, 1.165) is 86.6 Å². The lowest BCUT2D eigenvalue weighted by atomic mass is 9.82.